The van der Waals surface area contributed by atoms with Gasteiger partial charge < -0.3 is 9.62 Å². The molecule has 0 bridgehead atoms. The molecule has 3 aromatic carbocycles. The Morgan fingerprint density at radius 2 is 1.67 bits per heavy atom. The van der Waals surface area contributed by atoms with Crippen molar-refractivity contribution in [3.63, 3.8) is 0 Å². The number of pyridine rings is 1. The molecule has 1 N–H and O–H groups in total. The molecule has 1 heterocycles. The van der Waals surface area contributed by atoms with Crippen LogP contribution in [0.25, 0.3) is 10.9 Å². The third-order valence-electron chi connectivity index (χ3n) is 4.76. The van der Waals surface area contributed by atoms with Gasteiger partial charge >= 0.3 is 0 Å². The Morgan fingerprint density at radius 3 is 2.50 bits per heavy atom. The lowest BCUT2D eigenvalue weighted by atomic mass is 10.1. The smallest absolute Gasteiger partial charge is 0.256 e. The maximum Gasteiger partial charge on any atom is 0.256 e. The van der Waals surface area contributed by atoms with Gasteiger partial charge in [-0.3, -0.25) is 9.78 Å². The van der Waals surface area contributed by atoms with Crippen LogP contribution in [0.5, 0.6) is 0 Å². The van der Waals surface area contributed by atoms with E-state index in [9.17, 15) is 9.00 Å². The lowest BCUT2D eigenvalue weighted by molar-refractivity contribution is 0.0786. The summed E-state index contributed by atoms with van der Waals surface area (Å²) in [6.07, 6.45) is 1.68. The molecule has 1 amide bonds. The van der Waals surface area contributed by atoms with E-state index in [0.29, 0.717) is 28.2 Å². The molecule has 0 aliphatic heterocycles. The number of hydrogen-bond acceptors (Lipinski definition) is 3. The summed E-state index contributed by atoms with van der Waals surface area (Å²) in [6, 6.07) is 26.3. The third-order valence-corrected chi connectivity index (χ3v) is 5.90. The molecule has 4 aromatic rings. The molecule has 0 aliphatic rings. The number of amides is 1. The molecule has 0 radical (unpaired) electrons. The lowest BCUT2D eigenvalue weighted by Gasteiger charge is -2.19. The standard InChI is InChI=1S/C24H21N3O2S/c1-27(17-18-9-3-2-4-10-18)24(28)20-13-5-6-14-21(20)26-30(29)22-15-7-11-19-12-8-16-25-23(19)22/h2-16,26H,17H2,1H3. The minimum absolute atomic E-state index is 0.144. The molecular formula is C24H21N3O2S. The molecule has 0 saturated heterocycles. The van der Waals surface area contributed by atoms with Gasteiger partial charge in [-0.2, -0.15) is 0 Å². The van der Waals surface area contributed by atoms with Crippen molar-refractivity contribution in [1.29, 1.82) is 0 Å². The van der Waals surface area contributed by atoms with Crippen LogP contribution in [0.3, 0.4) is 0 Å². The highest BCUT2D eigenvalue weighted by atomic mass is 32.2. The first-order valence-electron chi connectivity index (χ1n) is 9.54. The van der Waals surface area contributed by atoms with E-state index in [2.05, 4.69) is 9.71 Å². The number of aromatic nitrogens is 1. The van der Waals surface area contributed by atoms with Crippen LogP contribution >= 0.6 is 0 Å². The summed E-state index contributed by atoms with van der Waals surface area (Å²) in [4.78, 5) is 19.7. The van der Waals surface area contributed by atoms with Crippen LogP contribution in [0.4, 0.5) is 5.69 Å². The normalized spacial score (nSPS) is 11.8. The SMILES string of the molecule is CN(Cc1ccccc1)C(=O)c1ccccc1NS(=O)c1cccc2cccnc12. The maximum absolute atomic E-state index is 13.1. The number of fused-ring (bicyclic) bond motifs is 1. The molecular weight excluding hydrogens is 394 g/mol. The van der Waals surface area contributed by atoms with Crippen LogP contribution in [0.2, 0.25) is 0 Å². The minimum Gasteiger partial charge on any atom is -0.337 e. The van der Waals surface area contributed by atoms with E-state index in [0.717, 1.165) is 10.9 Å². The van der Waals surface area contributed by atoms with Crippen molar-refractivity contribution in [2.75, 3.05) is 11.8 Å². The first-order valence-corrected chi connectivity index (χ1v) is 10.7. The third kappa shape index (κ3) is 4.23. The van der Waals surface area contributed by atoms with Gasteiger partial charge in [-0.05, 0) is 29.8 Å². The maximum atomic E-state index is 13.1. The Bertz CT molecular complexity index is 1210. The molecule has 0 spiro atoms. The highest BCUT2D eigenvalue weighted by Gasteiger charge is 2.18. The second-order valence-corrected chi connectivity index (χ2v) is 8.08. The number of rotatable bonds is 6. The number of carbonyl (C=O) groups is 1. The molecule has 4 rings (SSSR count). The average molecular weight is 416 g/mol. The zero-order valence-corrected chi connectivity index (χ0v) is 17.3. The first-order chi connectivity index (χ1) is 14.6. The Balaban J connectivity index is 1.58. The predicted molar refractivity (Wildman–Crippen MR) is 120 cm³/mol. The highest BCUT2D eigenvalue weighted by molar-refractivity contribution is 7.86. The van der Waals surface area contributed by atoms with Gasteiger partial charge in [0.1, 0.15) is 0 Å². The van der Waals surface area contributed by atoms with Gasteiger partial charge in [-0.1, -0.05) is 60.7 Å². The van der Waals surface area contributed by atoms with Crippen molar-refractivity contribution in [2.45, 2.75) is 11.4 Å². The Morgan fingerprint density at radius 1 is 0.933 bits per heavy atom. The monoisotopic (exact) mass is 415 g/mol. The van der Waals surface area contributed by atoms with Crippen molar-refractivity contribution >= 4 is 33.5 Å². The van der Waals surface area contributed by atoms with Crippen LogP contribution in [0.15, 0.2) is 96.0 Å². The summed E-state index contributed by atoms with van der Waals surface area (Å²) in [5, 5.41) is 0.914. The molecule has 0 fully saturated rings. The number of benzene rings is 3. The quantitative estimate of drug-likeness (QED) is 0.499. The fourth-order valence-electron chi connectivity index (χ4n) is 3.27. The fourth-order valence-corrected chi connectivity index (χ4v) is 4.31. The summed E-state index contributed by atoms with van der Waals surface area (Å²) in [6.45, 7) is 0.490. The molecule has 1 aromatic heterocycles. The van der Waals surface area contributed by atoms with Crippen molar-refractivity contribution in [3.8, 4) is 0 Å². The number of nitrogens with one attached hydrogen (secondary N) is 1. The van der Waals surface area contributed by atoms with Gasteiger partial charge in [0, 0.05) is 25.2 Å². The zero-order chi connectivity index (χ0) is 20.9. The Kier molecular flexibility index (Phi) is 5.86. The van der Waals surface area contributed by atoms with E-state index >= 15 is 0 Å². The lowest BCUT2D eigenvalue weighted by Crippen LogP contribution is -2.27. The van der Waals surface area contributed by atoms with E-state index in [-0.39, 0.29) is 5.91 Å². The molecule has 150 valence electrons. The van der Waals surface area contributed by atoms with Gasteiger partial charge in [-0.25, -0.2) is 4.21 Å². The minimum atomic E-state index is -1.57. The van der Waals surface area contributed by atoms with Gasteiger partial charge in [0.25, 0.3) is 5.91 Å². The van der Waals surface area contributed by atoms with E-state index in [1.807, 2.05) is 60.7 Å². The molecule has 5 nitrogen and oxygen atoms in total. The van der Waals surface area contributed by atoms with Crippen molar-refractivity contribution in [1.82, 2.24) is 9.88 Å². The van der Waals surface area contributed by atoms with Crippen LogP contribution < -0.4 is 4.72 Å². The van der Waals surface area contributed by atoms with E-state index in [1.165, 1.54) is 0 Å². The van der Waals surface area contributed by atoms with E-state index < -0.39 is 11.0 Å². The topological polar surface area (TPSA) is 62.3 Å². The van der Waals surface area contributed by atoms with Gasteiger partial charge in [0.2, 0.25) is 0 Å². The first kappa shape index (κ1) is 19.8. The second kappa shape index (κ2) is 8.88. The zero-order valence-electron chi connectivity index (χ0n) is 16.5. The fraction of sp³-hybridized carbons (Fsp3) is 0.0833. The molecule has 6 heteroatoms. The van der Waals surface area contributed by atoms with Crippen LogP contribution in [0.1, 0.15) is 15.9 Å². The molecule has 1 unspecified atom stereocenters. The summed E-state index contributed by atoms with van der Waals surface area (Å²) >= 11 is 0. The number of anilines is 1. The van der Waals surface area contributed by atoms with Gasteiger partial charge in [0.05, 0.1) is 21.7 Å². The van der Waals surface area contributed by atoms with Crippen LogP contribution in [0, 0.1) is 0 Å². The van der Waals surface area contributed by atoms with Crippen molar-refractivity contribution in [3.05, 3.63) is 102 Å². The van der Waals surface area contributed by atoms with Gasteiger partial charge in [0.15, 0.2) is 11.0 Å². The van der Waals surface area contributed by atoms with Crippen LogP contribution in [-0.4, -0.2) is 27.0 Å². The molecule has 1 atom stereocenters. The summed E-state index contributed by atoms with van der Waals surface area (Å²) in [7, 11) is 0.191. The number of hydrogen-bond donors (Lipinski definition) is 1. The van der Waals surface area contributed by atoms with E-state index in [4.69, 9.17) is 0 Å². The summed E-state index contributed by atoms with van der Waals surface area (Å²) in [5.74, 6) is -0.144. The van der Waals surface area contributed by atoms with Crippen molar-refractivity contribution < 1.29 is 9.00 Å². The Hall–Kier alpha value is -3.51. The second-order valence-electron chi connectivity index (χ2n) is 6.89. The number of nitrogens with zero attached hydrogens (tertiary/aromatic N) is 2. The summed E-state index contributed by atoms with van der Waals surface area (Å²) in [5.41, 5.74) is 2.71. The molecule has 0 aliphatic carbocycles. The predicted octanol–water partition coefficient (Wildman–Crippen LogP) is 4.64. The molecule has 0 saturated carbocycles. The molecule has 30 heavy (non-hydrogen) atoms. The van der Waals surface area contributed by atoms with E-state index in [1.54, 1.807) is 42.4 Å². The van der Waals surface area contributed by atoms with Crippen molar-refractivity contribution in [2.24, 2.45) is 0 Å². The Labute approximate surface area is 178 Å². The number of carbonyl (C=O) groups excluding carboxylic acids is 1. The average Bonchev–Trinajstić information content (AvgIpc) is 2.79. The number of para-hydroxylation sites is 2. The van der Waals surface area contributed by atoms with Crippen LogP contribution in [-0.2, 0) is 17.5 Å². The summed E-state index contributed by atoms with van der Waals surface area (Å²) < 4.78 is 16.1. The van der Waals surface area contributed by atoms with Gasteiger partial charge in [-0.15, -0.1) is 0 Å². The largest absolute Gasteiger partial charge is 0.337 e. The highest BCUT2D eigenvalue weighted by Crippen LogP contribution is 2.23.